The zero-order chi connectivity index (χ0) is 15.2. The Labute approximate surface area is 130 Å². The van der Waals surface area contributed by atoms with Crippen LogP contribution < -0.4 is 10.1 Å². The van der Waals surface area contributed by atoms with Crippen LogP contribution in [0.5, 0.6) is 11.6 Å². The molecule has 1 heterocycles. The zero-order valence-corrected chi connectivity index (χ0v) is 13.3. The van der Waals surface area contributed by atoms with Gasteiger partial charge < -0.3 is 10.1 Å². The molecule has 0 saturated heterocycles. The second kappa shape index (κ2) is 7.38. The fraction of sp³-hybridized carbons (Fsp3) is 0.375. The third-order valence-electron chi connectivity index (χ3n) is 2.84. The minimum absolute atomic E-state index is 0.440. The van der Waals surface area contributed by atoms with E-state index in [4.69, 9.17) is 16.3 Å². The van der Waals surface area contributed by atoms with Crippen molar-refractivity contribution in [1.29, 1.82) is 0 Å². The lowest BCUT2D eigenvalue weighted by Crippen LogP contribution is -2.19. The summed E-state index contributed by atoms with van der Waals surface area (Å²) in [7, 11) is 0. The van der Waals surface area contributed by atoms with E-state index >= 15 is 0 Å². The maximum absolute atomic E-state index is 6.09. The van der Waals surface area contributed by atoms with E-state index < -0.39 is 0 Å². The fourth-order valence-corrected chi connectivity index (χ4v) is 1.93. The number of hydrogen-bond donors (Lipinski definition) is 1. The van der Waals surface area contributed by atoms with E-state index in [1.807, 2.05) is 25.1 Å². The number of nitrogens with zero attached hydrogens (tertiary/aromatic N) is 2. The van der Waals surface area contributed by atoms with Crippen LogP contribution in [-0.4, -0.2) is 16.5 Å². The van der Waals surface area contributed by atoms with Crippen LogP contribution in [0.3, 0.4) is 0 Å². The van der Waals surface area contributed by atoms with Gasteiger partial charge in [-0.05, 0) is 37.1 Å². The molecule has 1 aromatic heterocycles. The van der Waals surface area contributed by atoms with E-state index in [9.17, 15) is 0 Å². The summed E-state index contributed by atoms with van der Waals surface area (Å²) >= 11 is 6.09. The molecule has 0 aliphatic carbocycles. The Morgan fingerprint density at radius 1 is 1.24 bits per heavy atom. The molecule has 0 unspecified atom stereocenters. The van der Waals surface area contributed by atoms with E-state index in [1.165, 1.54) is 0 Å². The topological polar surface area (TPSA) is 47.0 Å². The van der Waals surface area contributed by atoms with Gasteiger partial charge in [0.1, 0.15) is 5.75 Å². The molecule has 112 valence electrons. The quantitative estimate of drug-likeness (QED) is 0.877. The van der Waals surface area contributed by atoms with Gasteiger partial charge in [-0.3, -0.25) is 4.98 Å². The Bertz CT molecular complexity index is 585. The average molecular weight is 306 g/mol. The number of aryl methyl sites for hydroxylation is 1. The second-order valence-corrected chi connectivity index (χ2v) is 5.81. The number of rotatable bonds is 6. The van der Waals surface area contributed by atoms with Gasteiger partial charge >= 0.3 is 0 Å². The van der Waals surface area contributed by atoms with Crippen molar-refractivity contribution in [3.8, 4) is 11.6 Å². The summed E-state index contributed by atoms with van der Waals surface area (Å²) in [6.45, 7) is 7.98. The number of benzene rings is 1. The third kappa shape index (κ3) is 4.99. The zero-order valence-electron chi connectivity index (χ0n) is 12.6. The van der Waals surface area contributed by atoms with E-state index in [0.717, 1.165) is 17.8 Å². The normalized spacial score (nSPS) is 10.9. The standard InChI is InChI=1S/C16H20ClN3O/c1-11(2)7-18-8-13-9-20-16(10-19-13)21-15-6-12(3)4-5-14(15)17/h4-6,9-11,18H,7-8H2,1-3H3. The van der Waals surface area contributed by atoms with Gasteiger partial charge in [0.25, 0.3) is 0 Å². The Hall–Kier alpha value is -1.65. The minimum atomic E-state index is 0.440. The van der Waals surface area contributed by atoms with Crippen LogP contribution in [0.15, 0.2) is 30.6 Å². The fourth-order valence-electron chi connectivity index (χ4n) is 1.78. The molecule has 21 heavy (non-hydrogen) atoms. The molecular formula is C16H20ClN3O. The number of aromatic nitrogens is 2. The van der Waals surface area contributed by atoms with E-state index in [0.29, 0.717) is 29.1 Å². The molecule has 0 aliphatic rings. The lowest BCUT2D eigenvalue weighted by atomic mass is 10.2. The van der Waals surface area contributed by atoms with Crippen molar-refractivity contribution < 1.29 is 4.74 Å². The van der Waals surface area contributed by atoms with Crippen LogP contribution in [0.2, 0.25) is 5.02 Å². The van der Waals surface area contributed by atoms with Gasteiger partial charge in [-0.15, -0.1) is 0 Å². The molecule has 0 fully saturated rings. The number of halogens is 1. The highest BCUT2D eigenvalue weighted by atomic mass is 35.5. The van der Waals surface area contributed by atoms with Gasteiger partial charge in [0.05, 0.1) is 23.1 Å². The minimum Gasteiger partial charge on any atom is -0.436 e. The third-order valence-corrected chi connectivity index (χ3v) is 3.15. The molecule has 2 rings (SSSR count). The van der Waals surface area contributed by atoms with Crippen molar-refractivity contribution in [3.63, 3.8) is 0 Å². The molecule has 1 N–H and O–H groups in total. The highest BCUT2D eigenvalue weighted by Crippen LogP contribution is 2.28. The first-order valence-electron chi connectivity index (χ1n) is 7.00. The summed E-state index contributed by atoms with van der Waals surface area (Å²) in [4.78, 5) is 8.59. The maximum atomic E-state index is 6.09. The van der Waals surface area contributed by atoms with E-state index in [-0.39, 0.29) is 0 Å². The summed E-state index contributed by atoms with van der Waals surface area (Å²) < 4.78 is 5.66. The number of ether oxygens (including phenoxy) is 1. The molecule has 1 aromatic carbocycles. The molecular weight excluding hydrogens is 286 g/mol. The first-order chi connectivity index (χ1) is 10.0. The highest BCUT2D eigenvalue weighted by molar-refractivity contribution is 6.32. The highest BCUT2D eigenvalue weighted by Gasteiger charge is 2.05. The van der Waals surface area contributed by atoms with Crippen LogP contribution in [-0.2, 0) is 6.54 Å². The Kier molecular flexibility index (Phi) is 5.53. The maximum Gasteiger partial charge on any atom is 0.237 e. The molecule has 0 atom stereocenters. The van der Waals surface area contributed by atoms with Crippen LogP contribution in [0, 0.1) is 12.8 Å². The van der Waals surface area contributed by atoms with Crippen LogP contribution >= 0.6 is 11.6 Å². The summed E-state index contributed by atoms with van der Waals surface area (Å²) in [6, 6.07) is 5.62. The molecule has 0 radical (unpaired) electrons. The summed E-state index contributed by atoms with van der Waals surface area (Å²) in [6.07, 6.45) is 3.33. The van der Waals surface area contributed by atoms with Crippen molar-refractivity contribution >= 4 is 11.6 Å². The van der Waals surface area contributed by atoms with Gasteiger partial charge in [0.15, 0.2) is 0 Å². The molecule has 0 bridgehead atoms. The van der Waals surface area contributed by atoms with Gasteiger partial charge in [-0.2, -0.15) is 0 Å². The van der Waals surface area contributed by atoms with Gasteiger partial charge in [0, 0.05) is 6.54 Å². The van der Waals surface area contributed by atoms with E-state index in [1.54, 1.807) is 12.4 Å². The lowest BCUT2D eigenvalue weighted by molar-refractivity contribution is 0.458. The predicted molar refractivity (Wildman–Crippen MR) is 84.8 cm³/mol. The lowest BCUT2D eigenvalue weighted by Gasteiger charge is -2.09. The number of hydrogen-bond acceptors (Lipinski definition) is 4. The van der Waals surface area contributed by atoms with Crippen molar-refractivity contribution in [1.82, 2.24) is 15.3 Å². The Morgan fingerprint density at radius 2 is 2.05 bits per heavy atom. The molecule has 0 aliphatic heterocycles. The van der Waals surface area contributed by atoms with Crippen molar-refractivity contribution in [2.75, 3.05) is 6.54 Å². The first kappa shape index (κ1) is 15.7. The molecule has 0 spiro atoms. The van der Waals surface area contributed by atoms with Gasteiger partial charge in [0.2, 0.25) is 5.88 Å². The van der Waals surface area contributed by atoms with Gasteiger partial charge in [-0.1, -0.05) is 31.5 Å². The van der Waals surface area contributed by atoms with Crippen molar-refractivity contribution in [2.24, 2.45) is 5.92 Å². The SMILES string of the molecule is Cc1ccc(Cl)c(Oc2cnc(CNCC(C)C)cn2)c1. The molecule has 0 saturated carbocycles. The average Bonchev–Trinajstić information content (AvgIpc) is 2.44. The molecule has 2 aromatic rings. The molecule has 4 nitrogen and oxygen atoms in total. The van der Waals surface area contributed by atoms with Crippen LogP contribution in [0.1, 0.15) is 25.1 Å². The first-order valence-corrected chi connectivity index (χ1v) is 7.38. The Balaban J connectivity index is 1.97. The largest absolute Gasteiger partial charge is 0.436 e. The smallest absolute Gasteiger partial charge is 0.237 e. The predicted octanol–water partition coefficient (Wildman–Crippen LogP) is 3.98. The molecule has 0 amide bonds. The monoisotopic (exact) mass is 305 g/mol. The second-order valence-electron chi connectivity index (χ2n) is 5.41. The van der Waals surface area contributed by atoms with Crippen molar-refractivity contribution in [2.45, 2.75) is 27.3 Å². The Morgan fingerprint density at radius 3 is 2.71 bits per heavy atom. The van der Waals surface area contributed by atoms with Crippen LogP contribution in [0.25, 0.3) is 0 Å². The number of nitrogens with one attached hydrogen (secondary N) is 1. The van der Waals surface area contributed by atoms with E-state index in [2.05, 4.69) is 29.1 Å². The van der Waals surface area contributed by atoms with Crippen LogP contribution in [0.4, 0.5) is 0 Å². The summed E-state index contributed by atoms with van der Waals surface area (Å²) in [5.74, 6) is 1.65. The van der Waals surface area contributed by atoms with Crippen molar-refractivity contribution in [3.05, 3.63) is 46.9 Å². The molecule has 5 heteroatoms. The summed E-state index contributed by atoms with van der Waals surface area (Å²) in [5, 5.41) is 3.88. The van der Waals surface area contributed by atoms with Gasteiger partial charge in [-0.25, -0.2) is 4.98 Å². The summed E-state index contributed by atoms with van der Waals surface area (Å²) in [5.41, 5.74) is 1.97.